The van der Waals surface area contributed by atoms with E-state index in [1.165, 1.54) is 5.69 Å². The smallest absolute Gasteiger partial charge is 0.228 e. The van der Waals surface area contributed by atoms with Gasteiger partial charge in [0.2, 0.25) is 11.8 Å². The van der Waals surface area contributed by atoms with Crippen LogP contribution in [0.3, 0.4) is 0 Å². The molecule has 2 aromatic carbocycles. The predicted octanol–water partition coefficient (Wildman–Crippen LogP) is 3.44. The Balaban J connectivity index is 1.33. The van der Waals surface area contributed by atoms with E-state index in [4.69, 9.17) is 0 Å². The number of likely N-dealkylation sites (N-methyl/N-ethyl adjacent to an activating group) is 1. The molecule has 2 heterocycles. The fourth-order valence-electron chi connectivity index (χ4n) is 4.40. The lowest BCUT2D eigenvalue weighted by molar-refractivity contribution is -0.117. The van der Waals surface area contributed by atoms with Crippen LogP contribution in [-0.4, -0.2) is 56.0 Å². The molecule has 0 aliphatic carbocycles. The molecule has 4 rings (SSSR count). The first-order valence-corrected chi connectivity index (χ1v) is 11.3. The lowest BCUT2D eigenvalue weighted by Crippen LogP contribution is -2.46. The van der Waals surface area contributed by atoms with Gasteiger partial charge in [-0.15, -0.1) is 0 Å². The van der Waals surface area contributed by atoms with Crippen molar-refractivity contribution in [3.05, 3.63) is 53.6 Å². The Kier molecular flexibility index (Phi) is 6.56. The Labute approximate surface area is 184 Å². The van der Waals surface area contributed by atoms with Crippen LogP contribution in [0, 0.1) is 6.92 Å². The molecule has 0 bridgehead atoms. The fourth-order valence-corrected chi connectivity index (χ4v) is 4.40. The molecule has 1 N–H and O–H groups in total. The first-order valence-electron chi connectivity index (χ1n) is 11.3. The van der Waals surface area contributed by atoms with E-state index < -0.39 is 0 Å². The minimum absolute atomic E-state index is 0.0302. The number of hydrogen-bond acceptors (Lipinski definition) is 4. The number of nitrogens with zero attached hydrogens (tertiary/aromatic N) is 3. The third-order valence-electron chi connectivity index (χ3n) is 6.35. The maximum atomic E-state index is 12.6. The highest BCUT2D eigenvalue weighted by Gasteiger charge is 2.21. The van der Waals surface area contributed by atoms with E-state index in [1.54, 1.807) is 0 Å². The van der Waals surface area contributed by atoms with Crippen LogP contribution in [0.5, 0.6) is 0 Å². The molecule has 6 nitrogen and oxygen atoms in total. The Morgan fingerprint density at radius 2 is 1.68 bits per heavy atom. The molecule has 2 saturated heterocycles. The van der Waals surface area contributed by atoms with Gasteiger partial charge in [0.05, 0.1) is 6.42 Å². The van der Waals surface area contributed by atoms with Crippen LogP contribution in [0.4, 0.5) is 17.1 Å². The maximum absolute atomic E-state index is 12.6. The van der Waals surface area contributed by atoms with E-state index in [9.17, 15) is 9.59 Å². The molecule has 2 fully saturated rings. The molecule has 2 aromatic rings. The van der Waals surface area contributed by atoms with E-state index in [0.29, 0.717) is 12.8 Å². The lowest BCUT2D eigenvalue weighted by Gasteiger charge is -2.35. The van der Waals surface area contributed by atoms with E-state index in [0.717, 1.165) is 68.2 Å². The summed E-state index contributed by atoms with van der Waals surface area (Å²) in [7, 11) is 0. The molecule has 2 amide bonds. The summed E-state index contributed by atoms with van der Waals surface area (Å²) in [6, 6.07) is 14.0. The molecule has 0 unspecified atom stereocenters. The molecule has 0 radical (unpaired) electrons. The Bertz CT molecular complexity index is 933. The summed E-state index contributed by atoms with van der Waals surface area (Å²) < 4.78 is 0. The van der Waals surface area contributed by atoms with Crippen LogP contribution in [0.15, 0.2) is 42.5 Å². The average Bonchev–Trinajstić information content (AvgIpc) is 3.21. The zero-order chi connectivity index (χ0) is 21.8. The second kappa shape index (κ2) is 9.52. The molecule has 0 saturated carbocycles. The summed E-state index contributed by atoms with van der Waals surface area (Å²) >= 11 is 0. The number of amides is 2. The van der Waals surface area contributed by atoms with E-state index >= 15 is 0 Å². The maximum Gasteiger partial charge on any atom is 0.228 e. The minimum atomic E-state index is -0.0302. The van der Waals surface area contributed by atoms with Gasteiger partial charge in [0.1, 0.15) is 0 Å². The number of anilines is 3. The zero-order valence-corrected chi connectivity index (χ0v) is 18.6. The number of carbonyl (C=O) groups is 2. The van der Waals surface area contributed by atoms with Crippen molar-refractivity contribution in [3.8, 4) is 0 Å². The number of aryl methyl sites for hydroxylation is 1. The summed E-state index contributed by atoms with van der Waals surface area (Å²) in [4.78, 5) is 31.2. The highest BCUT2D eigenvalue weighted by atomic mass is 16.2. The number of carbonyl (C=O) groups excluding carboxylic acids is 2. The van der Waals surface area contributed by atoms with Gasteiger partial charge < -0.3 is 20.0 Å². The van der Waals surface area contributed by atoms with Crippen LogP contribution < -0.4 is 15.1 Å². The quantitative estimate of drug-likeness (QED) is 0.778. The summed E-state index contributed by atoms with van der Waals surface area (Å²) in [6.07, 6.45) is 1.85. The first-order chi connectivity index (χ1) is 15.0. The normalized spacial score (nSPS) is 17.3. The summed E-state index contributed by atoms with van der Waals surface area (Å²) in [6.45, 7) is 10.4. The second-order valence-corrected chi connectivity index (χ2v) is 8.46. The molecule has 164 valence electrons. The summed E-state index contributed by atoms with van der Waals surface area (Å²) in [5, 5.41) is 3.05. The molecule has 0 atom stereocenters. The number of piperazine rings is 1. The van der Waals surface area contributed by atoms with Gasteiger partial charge in [-0.3, -0.25) is 9.59 Å². The number of benzene rings is 2. The predicted molar refractivity (Wildman–Crippen MR) is 126 cm³/mol. The van der Waals surface area contributed by atoms with Crippen LogP contribution >= 0.6 is 0 Å². The molecular weight excluding hydrogens is 388 g/mol. The highest BCUT2D eigenvalue weighted by molar-refractivity contribution is 5.96. The van der Waals surface area contributed by atoms with Gasteiger partial charge in [0.15, 0.2) is 0 Å². The van der Waals surface area contributed by atoms with Crippen molar-refractivity contribution in [3.63, 3.8) is 0 Å². The van der Waals surface area contributed by atoms with E-state index in [2.05, 4.69) is 34.2 Å². The number of nitrogens with one attached hydrogen (secondary N) is 1. The largest absolute Gasteiger partial charge is 0.369 e. The van der Waals surface area contributed by atoms with Gasteiger partial charge in [-0.05, 0) is 61.3 Å². The molecule has 6 heteroatoms. The highest BCUT2D eigenvalue weighted by Crippen LogP contribution is 2.25. The second-order valence-electron chi connectivity index (χ2n) is 8.46. The van der Waals surface area contributed by atoms with Gasteiger partial charge in [-0.25, -0.2) is 0 Å². The SMILES string of the molecule is CCN1CCN(c2ccc(NC(=O)Cc3ccc(N4CCCC4=O)cc3)c(C)c2)CC1. The van der Waals surface area contributed by atoms with Crippen LogP contribution in [0.1, 0.15) is 30.9 Å². The van der Waals surface area contributed by atoms with Gasteiger partial charge in [-0.2, -0.15) is 0 Å². The number of rotatable bonds is 6. The van der Waals surface area contributed by atoms with Gasteiger partial charge >= 0.3 is 0 Å². The van der Waals surface area contributed by atoms with Crippen molar-refractivity contribution in [1.82, 2.24) is 4.90 Å². The van der Waals surface area contributed by atoms with Crippen molar-refractivity contribution >= 4 is 28.9 Å². The van der Waals surface area contributed by atoms with Crippen molar-refractivity contribution in [2.75, 3.05) is 54.4 Å². The summed E-state index contributed by atoms with van der Waals surface area (Å²) in [5.41, 5.74) is 5.01. The molecule has 0 spiro atoms. The van der Waals surface area contributed by atoms with Crippen molar-refractivity contribution in [1.29, 1.82) is 0 Å². The monoisotopic (exact) mass is 420 g/mol. The van der Waals surface area contributed by atoms with Crippen molar-refractivity contribution in [2.24, 2.45) is 0 Å². The molecule has 2 aliphatic rings. The molecule has 31 heavy (non-hydrogen) atoms. The van der Waals surface area contributed by atoms with Crippen LogP contribution in [-0.2, 0) is 16.0 Å². The Hall–Kier alpha value is -2.86. The summed E-state index contributed by atoms with van der Waals surface area (Å²) in [5.74, 6) is 0.147. The molecule has 0 aromatic heterocycles. The van der Waals surface area contributed by atoms with Gasteiger partial charge in [0.25, 0.3) is 0 Å². The molecule has 2 aliphatic heterocycles. The minimum Gasteiger partial charge on any atom is -0.369 e. The van der Waals surface area contributed by atoms with Gasteiger partial charge in [-0.1, -0.05) is 19.1 Å². The first kappa shape index (κ1) is 21.4. The number of hydrogen-bond donors (Lipinski definition) is 1. The topological polar surface area (TPSA) is 55.9 Å². The van der Waals surface area contributed by atoms with Crippen LogP contribution in [0.2, 0.25) is 0 Å². The Morgan fingerprint density at radius 3 is 2.29 bits per heavy atom. The third kappa shape index (κ3) is 5.07. The van der Waals surface area contributed by atoms with E-state index in [1.807, 2.05) is 42.2 Å². The van der Waals surface area contributed by atoms with Crippen molar-refractivity contribution in [2.45, 2.75) is 33.1 Å². The molecular formula is C25H32N4O2. The van der Waals surface area contributed by atoms with E-state index in [-0.39, 0.29) is 11.8 Å². The Morgan fingerprint density at radius 1 is 0.968 bits per heavy atom. The zero-order valence-electron chi connectivity index (χ0n) is 18.6. The fraction of sp³-hybridized carbons (Fsp3) is 0.440. The van der Waals surface area contributed by atoms with Gasteiger partial charge in [0, 0.05) is 56.2 Å². The van der Waals surface area contributed by atoms with Crippen LogP contribution in [0.25, 0.3) is 0 Å². The van der Waals surface area contributed by atoms with Crippen molar-refractivity contribution < 1.29 is 9.59 Å². The average molecular weight is 421 g/mol. The third-order valence-corrected chi connectivity index (χ3v) is 6.35. The standard InChI is InChI=1S/C25H32N4O2/c1-3-27-13-15-28(16-14-27)22-10-11-23(19(2)17-22)26-24(30)18-20-6-8-21(9-7-20)29-12-4-5-25(29)31/h6-11,17H,3-5,12-16,18H2,1-2H3,(H,26,30). The lowest BCUT2D eigenvalue weighted by atomic mass is 10.1.